The molecule has 7 nitrogen and oxygen atoms in total. The minimum atomic E-state index is -1.10. The van der Waals surface area contributed by atoms with Gasteiger partial charge in [-0.1, -0.05) is 19.4 Å². The van der Waals surface area contributed by atoms with Gasteiger partial charge in [-0.3, -0.25) is 0 Å². The highest BCUT2D eigenvalue weighted by Gasteiger charge is 2.00. The van der Waals surface area contributed by atoms with Crippen molar-refractivity contribution in [2.24, 2.45) is 0 Å². The van der Waals surface area contributed by atoms with E-state index >= 15 is 0 Å². The van der Waals surface area contributed by atoms with E-state index in [4.69, 9.17) is 20.4 Å². The molecule has 21 heavy (non-hydrogen) atoms. The maximum Gasteiger partial charge on any atom is 0.370 e. The van der Waals surface area contributed by atoms with Gasteiger partial charge in [-0.25, -0.2) is 9.59 Å². The number of aliphatic carboxylic acids is 2. The van der Waals surface area contributed by atoms with Crippen molar-refractivity contribution in [2.75, 3.05) is 19.8 Å². The molecule has 0 radical (unpaired) electrons. The molecule has 0 amide bonds. The molecule has 0 heterocycles. The molecule has 0 bridgehead atoms. The van der Waals surface area contributed by atoms with Crippen LogP contribution < -0.4 is 0 Å². The number of aliphatic hydroxyl groups excluding tert-OH is 2. The average molecular weight is 306 g/mol. The summed E-state index contributed by atoms with van der Waals surface area (Å²) in [4.78, 5) is 19.1. The van der Waals surface area contributed by atoms with Crippen molar-refractivity contribution in [2.45, 2.75) is 32.6 Å². The smallest absolute Gasteiger partial charge is 0.370 e. The van der Waals surface area contributed by atoms with Crippen LogP contribution in [0.25, 0.3) is 0 Å². The highest BCUT2D eigenvalue weighted by molar-refractivity contribution is 5.83. The molecule has 0 spiro atoms. The van der Waals surface area contributed by atoms with E-state index in [-0.39, 0.29) is 19.0 Å². The maximum absolute atomic E-state index is 9.86. The van der Waals surface area contributed by atoms with Crippen molar-refractivity contribution in [1.29, 1.82) is 0 Å². The van der Waals surface area contributed by atoms with Gasteiger partial charge in [0.25, 0.3) is 0 Å². The number of rotatable bonds is 9. The first-order valence-corrected chi connectivity index (χ1v) is 6.49. The molecule has 0 aliphatic rings. The minimum absolute atomic E-state index is 0.201. The monoisotopic (exact) mass is 306 g/mol. The van der Waals surface area contributed by atoms with Gasteiger partial charge < -0.3 is 25.2 Å². The van der Waals surface area contributed by atoms with Gasteiger partial charge in [0.05, 0.1) is 6.61 Å². The van der Waals surface area contributed by atoms with Gasteiger partial charge in [-0.05, 0) is 26.3 Å². The first-order valence-electron chi connectivity index (χ1n) is 6.49. The molecule has 0 aromatic carbocycles. The highest BCUT2D eigenvalue weighted by Crippen LogP contribution is 1.96. The van der Waals surface area contributed by atoms with Crippen LogP contribution in [0.15, 0.2) is 25.0 Å². The third-order valence-electron chi connectivity index (χ3n) is 1.80. The largest absolute Gasteiger partial charge is 0.487 e. The van der Waals surface area contributed by atoms with E-state index in [1.165, 1.54) is 0 Å². The van der Waals surface area contributed by atoms with E-state index in [0.29, 0.717) is 6.61 Å². The number of carboxylic acid groups (broad SMARTS) is 2. The topological polar surface area (TPSA) is 124 Å². The predicted molar refractivity (Wildman–Crippen MR) is 78.9 cm³/mol. The lowest BCUT2D eigenvalue weighted by molar-refractivity contribution is -0.136. The Hall–Kier alpha value is -1.86. The fraction of sp³-hybridized carbons (Fsp3) is 0.571. The second kappa shape index (κ2) is 20.5. The Labute approximate surface area is 125 Å². The summed E-state index contributed by atoms with van der Waals surface area (Å²) in [5.74, 6) is -2.29. The lowest BCUT2D eigenvalue weighted by Crippen LogP contribution is -2.02. The van der Waals surface area contributed by atoms with Crippen molar-refractivity contribution < 1.29 is 34.8 Å². The quantitative estimate of drug-likeness (QED) is 0.288. The third kappa shape index (κ3) is 32.1. The van der Waals surface area contributed by atoms with E-state index in [1.807, 2.05) is 0 Å². The Morgan fingerprint density at radius 3 is 1.57 bits per heavy atom. The van der Waals surface area contributed by atoms with Crippen LogP contribution >= 0.6 is 0 Å². The molecule has 0 aromatic rings. The van der Waals surface area contributed by atoms with Gasteiger partial charge in [0.2, 0.25) is 0 Å². The zero-order valence-electron chi connectivity index (χ0n) is 12.5. The van der Waals surface area contributed by atoms with E-state index in [1.54, 1.807) is 6.92 Å². The summed E-state index contributed by atoms with van der Waals surface area (Å²) >= 11 is 0. The molecule has 0 aliphatic heterocycles. The van der Waals surface area contributed by atoms with Crippen molar-refractivity contribution in [3.8, 4) is 0 Å². The molecular formula is C14H26O7. The summed E-state index contributed by atoms with van der Waals surface area (Å²) in [5.41, 5.74) is 0. The van der Waals surface area contributed by atoms with Gasteiger partial charge >= 0.3 is 11.9 Å². The standard InChI is InChI=1S/C6H14O2.C5H8O3.C3H4O2/c7-5-3-1-2-4-6-8;1-3-8-4(2)5(6)7;1-2-3(4)5/h7-8H,1-6H2;2-3H2,1H3,(H,6,7);2H,1H2,(H,4,5). The molecule has 4 N–H and O–H groups in total. The van der Waals surface area contributed by atoms with Crippen molar-refractivity contribution in [3.05, 3.63) is 25.0 Å². The lowest BCUT2D eigenvalue weighted by Gasteiger charge is -1.97. The van der Waals surface area contributed by atoms with Gasteiger partial charge in [-0.2, -0.15) is 0 Å². The van der Waals surface area contributed by atoms with Crippen LogP contribution in [0.1, 0.15) is 32.6 Å². The fourth-order valence-electron chi connectivity index (χ4n) is 0.813. The van der Waals surface area contributed by atoms with Crippen molar-refractivity contribution in [1.82, 2.24) is 0 Å². The van der Waals surface area contributed by atoms with Crippen molar-refractivity contribution >= 4 is 11.9 Å². The minimum Gasteiger partial charge on any atom is -0.487 e. The first kappa shape index (κ1) is 24.2. The SMILES string of the molecule is C=C(OCC)C(=O)O.C=CC(=O)O.OCCCCCCO. The number of aliphatic hydroxyl groups is 2. The van der Waals surface area contributed by atoms with Gasteiger partial charge in [0.15, 0.2) is 5.76 Å². The lowest BCUT2D eigenvalue weighted by atomic mass is 10.2. The fourth-order valence-corrected chi connectivity index (χ4v) is 0.813. The number of hydrogen-bond acceptors (Lipinski definition) is 5. The van der Waals surface area contributed by atoms with Crippen LogP contribution in [0.3, 0.4) is 0 Å². The van der Waals surface area contributed by atoms with Crippen molar-refractivity contribution in [3.63, 3.8) is 0 Å². The summed E-state index contributed by atoms with van der Waals surface area (Å²) in [7, 11) is 0. The van der Waals surface area contributed by atoms with Gasteiger partial charge in [0, 0.05) is 19.3 Å². The second-order valence-electron chi connectivity index (χ2n) is 3.57. The van der Waals surface area contributed by atoms with Gasteiger partial charge in [0.1, 0.15) is 0 Å². The molecule has 0 aromatic heterocycles. The second-order valence-corrected chi connectivity index (χ2v) is 3.57. The zero-order chi connectivity index (χ0) is 17.1. The Kier molecular flexibility index (Phi) is 23.6. The molecule has 0 saturated carbocycles. The number of ether oxygens (including phenoxy) is 1. The highest BCUT2D eigenvalue weighted by atomic mass is 16.5. The van der Waals surface area contributed by atoms with E-state index in [2.05, 4.69) is 17.9 Å². The van der Waals surface area contributed by atoms with Crippen LogP contribution in [-0.2, 0) is 14.3 Å². The number of unbranched alkanes of at least 4 members (excludes halogenated alkanes) is 3. The van der Waals surface area contributed by atoms with Crippen LogP contribution in [0.4, 0.5) is 0 Å². The number of carboxylic acids is 2. The van der Waals surface area contributed by atoms with Crippen LogP contribution in [-0.4, -0.2) is 52.2 Å². The summed E-state index contributed by atoms with van der Waals surface area (Å²) in [6.07, 6.45) is 4.66. The Balaban J connectivity index is -0.000000239. The summed E-state index contributed by atoms with van der Waals surface area (Å²) < 4.78 is 4.51. The van der Waals surface area contributed by atoms with Crippen LogP contribution in [0.5, 0.6) is 0 Å². The Bertz CT molecular complexity index is 281. The van der Waals surface area contributed by atoms with E-state index in [0.717, 1.165) is 31.8 Å². The molecule has 0 saturated heterocycles. The summed E-state index contributed by atoms with van der Waals surface area (Å²) in [5, 5.41) is 32.3. The molecule has 124 valence electrons. The van der Waals surface area contributed by atoms with Crippen LogP contribution in [0, 0.1) is 0 Å². The molecule has 0 rings (SSSR count). The molecule has 0 unspecified atom stereocenters. The van der Waals surface area contributed by atoms with Gasteiger partial charge in [-0.15, -0.1) is 0 Å². The molecule has 7 heteroatoms. The van der Waals surface area contributed by atoms with E-state index < -0.39 is 11.9 Å². The first-order chi connectivity index (χ1) is 9.87. The zero-order valence-corrected chi connectivity index (χ0v) is 12.5. The number of carbonyl (C=O) groups is 2. The third-order valence-corrected chi connectivity index (χ3v) is 1.80. The number of hydrogen-bond donors (Lipinski definition) is 4. The average Bonchev–Trinajstić information content (AvgIpc) is 2.45. The molecule has 0 atom stereocenters. The summed E-state index contributed by atoms with van der Waals surface area (Å²) in [6.45, 7) is 8.70. The van der Waals surface area contributed by atoms with E-state index in [9.17, 15) is 9.59 Å². The summed E-state index contributed by atoms with van der Waals surface area (Å²) in [6, 6.07) is 0. The van der Waals surface area contributed by atoms with Crippen LogP contribution in [0.2, 0.25) is 0 Å². The normalized spacial score (nSPS) is 8.33. The molecular weight excluding hydrogens is 280 g/mol. The molecule has 0 aliphatic carbocycles. The Morgan fingerprint density at radius 2 is 1.43 bits per heavy atom. The maximum atomic E-state index is 9.86. The molecule has 0 fully saturated rings. The predicted octanol–water partition coefficient (Wildman–Crippen LogP) is 1.41. The Morgan fingerprint density at radius 1 is 1.05 bits per heavy atom.